The lowest BCUT2D eigenvalue weighted by atomic mass is 10.2. The Bertz CT molecular complexity index is 1330. The highest BCUT2D eigenvalue weighted by Gasteiger charge is 2.31. The summed E-state index contributed by atoms with van der Waals surface area (Å²) in [6, 6.07) is 15.1. The molecule has 1 amide bonds. The van der Waals surface area contributed by atoms with Gasteiger partial charge < -0.3 is 4.90 Å². The highest BCUT2D eigenvalue weighted by atomic mass is 32.2. The van der Waals surface area contributed by atoms with Crippen molar-refractivity contribution < 1.29 is 13.2 Å². The first kappa shape index (κ1) is 20.4. The Morgan fingerprint density at radius 1 is 1.03 bits per heavy atom. The molecular formula is C21H20N4O3S3. The number of fused-ring (bicyclic) bond motifs is 1. The summed E-state index contributed by atoms with van der Waals surface area (Å²) in [5.74, 6) is -0.0617. The third-order valence-corrected chi connectivity index (χ3v) is 9.74. The Balaban J connectivity index is 1.36. The lowest BCUT2D eigenvalue weighted by Crippen LogP contribution is -2.50. The fourth-order valence-electron chi connectivity index (χ4n) is 3.72. The van der Waals surface area contributed by atoms with Crippen molar-refractivity contribution >= 4 is 48.8 Å². The van der Waals surface area contributed by atoms with E-state index in [0.717, 1.165) is 21.6 Å². The summed E-state index contributed by atoms with van der Waals surface area (Å²) in [5.41, 5.74) is 1.83. The minimum absolute atomic E-state index is 0.0617. The predicted octanol–water partition coefficient (Wildman–Crippen LogP) is 3.60. The molecule has 0 unspecified atom stereocenters. The first-order valence-corrected chi connectivity index (χ1v) is 13.0. The lowest BCUT2D eigenvalue weighted by Gasteiger charge is -2.33. The van der Waals surface area contributed by atoms with Crippen LogP contribution in [0.1, 0.15) is 15.4 Å². The van der Waals surface area contributed by atoms with E-state index in [9.17, 15) is 13.2 Å². The number of aromatic nitrogens is 2. The molecule has 4 aromatic rings. The van der Waals surface area contributed by atoms with Crippen LogP contribution in [0, 0.1) is 6.92 Å². The fourth-order valence-corrected chi connectivity index (χ4v) is 7.44. The number of hydrogen-bond donors (Lipinski definition) is 0. The normalized spacial score (nSPS) is 15.6. The van der Waals surface area contributed by atoms with Gasteiger partial charge in [-0.25, -0.2) is 13.1 Å². The highest BCUT2D eigenvalue weighted by Crippen LogP contribution is 2.31. The zero-order chi connectivity index (χ0) is 21.6. The van der Waals surface area contributed by atoms with Crippen molar-refractivity contribution in [2.24, 2.45) is 0 Å². The molecule has 1 aliphatic rings. The third-order valence-electron chi connectivity index (χ3n) is 5.37. The van der Waals surface area contributed by atoms with Crippen molar-refractivity contribution in [3.8, 4) is 5.69 Å². The van der Waals surface area contributed by atoms with Crippen LogP contribution in [-0.4, -0.2) is 59.5 Å². The number of aryl methyl sites for hydroxylation is 1. The van der Waals surface area contributed by atoms with Crippen LogP contribution in [0.4, 0.5) is 0 Å². The van der Waals surface area contributed by atoms with E-state index in [0.29, 0.717) is 35.3 Å². The Kier molecular flexibility index (Phi) is 5.17. The topological polar surface area (TPSA) is 75.5 Å². The van der Waals surface area contributed by atoms with Gasteiger partial charge in [0.1, 0.15) is 9.04 Å². The summed E-state index contributed by atoms with van der Waals surface area (Å²) in [6.07, 6.45) is 0. The number of carbonyl (C=O) groups excluding carboxylic acids is 1. The van der Waals surface area contributed by atoms with Crippen LogP contribution in [-0.2, 0) is 10.0 Å². The number of nitrogens with zero attached hydrogens (tertiary/aromatic N) is 4. The summed E-state index contributed by atoms with van der Waals surface area (Å²) in [7, 11) is -3.48. The number of hydrogen-bond acceptors (Lipinski definition) is 6. The second kappa shape index (κ2) is 7.86. The molecule has 1 aliphatic heterocycles. The Morgan fingerprint density at radius 3 is 2.45 bits per heavy atom. The summed E-state index contributed by atoms with van der Waals surface area (Å²) in [5, 5.41) is 7.35. The number of piperazine rings is 1. The summed E-state index contributed by atoms with van der Waals surface area (Å²) < 4.78 is 29.1. The number of sulfonamides is 1. The van der Waals surface area contributed by atoms with E-state index in [2.05, 4.69) is 5.10 Å². The van der Waals surface area contributed by atoms with E-state index in [1.807, 2.05) is 48.0 Å². The molecule has 1 aromatic carbocycles. The molecule has 0 bridgehead atoms. The quantitative estimate of drug-likeness (QED) is 0.455. The van der Waals surface area contributed by atoms with Crippen LogP contribution in [0.5, 0.6) is 0 Å². The molecule has 0 radical (unpaired) electrons. The maximum absolute atomic E-state index is 13.2. The fraction of sp³-hybridized carbons (Fsp3) is 0.238. The average Bonchev–Trinajstić information content (AvgIpc) is 3.53. The standard InChI is InChI=1S/C21H20N4O3S3/c1-15-17-14-18(30-21(17)25(22-15)16-6-3-2-4-7-16)20(26)23-9-11-24(12-10-23)31(27,28)19-8-5-13-29-19/h2-8,13-14H,9-12H2,1H3. The minimum atomic E-state index is -3.48. The van der Waals surface area contributed by atoms with Crippen LogP contribution in [0.15, 0.2) is 58.1 Å². The minimum Gasteiger partial charge on any atom is -0.335 e. The van der Waals surface area contributed by atoms with E-state index < -0.39 is 10.0 Å². The van der Waals surface area contributed by atoms with Gasteiger partial charge >= 0.3 is 0 Å². The third kappa shape index (κ3) is 3.59. The molecule has 5 rings (SSSR count). The van der Waals surface area contributed by atoms with E-state index in [4.69, 9.17) is 0 Å². The van der Waals surface area contributed by atoms with Crippen LogP contribution >= 0.6 is 22.7 Å². The molecule has 31 heavy (non-hydrogen) atoms. The van der Waals surface area contributed by atoms with Crippen molar-refractivity contribution in [1.29, 1.82) is 0 Å². The first-order chi connectivity index (χ1) is 14.9. The number of amides is 1. The van der Waals surface area contributed by atoms with Crippen molar-refractivity contribution in [3.05, 3.63) is 64.5 Å². The Hall–Kier alpha value is -2.53. The monoisotopic (exact) mass is 472 g/mol. The number of rotatable bonds is 4. The Labute approximate surface area is 188 Å². The molecule has 0 saturated carbocycles. The van der Waals surface area contributed by atoms with Crippen LogP contribution in [0.25, 0.3) is 15.9 Å². The predicted molar refractivity (Wildman–Crippen MR) is 123 cm³/mol. The largest absolute Gasteiger partial charge is 0.335 e. The molecule has 1 saturated heterocycles. The van der Waals surface area contributed by atoms with E-state index in [-0.39, 0.29) is 5.91 Å². The number of thiophene rings is 2. The van der Waals surface area contributed by atoms with E-state index >= 15 is 0 Å². The van der Waals surface area contributed by atoms with Gasteiger partial charge in [0.25, 0.3) is 15.9 Å². The number of benzene rings is 1. The molecule has 1 fully saturated rings. The van der Waals surface area contributed by atoms with Gasteiger partial charge in [0.05, 0.1) is 16.3 Å². The molecule has 3 aromatic heterocycles. The smallest absolute Gasteiger partial charge is 0.264 e. The summed E-state index contributed by atoms with van der Waals surface area (Å²) in [4.78, 5) is 16.5. The molecule has 160 valence electrons. The van der Waals surface area contributed by atoms with Gasteiger partial charge in [-0.15, -0.1) is 22.7 Å². The van der Waals surface area contributed by atoms with Crippen molar-refractivity contribution in [3.63, 3.8) is 0 Å². The van der Waals surface area contributed by atoms with Crippen molar-refractivity contribution in [2.45, 2.75) is 11.1 Å². The maximum Gasteiger partial charge on any atom is 0.264 e. The second-order valence-electron chi connectivity index (χ2n) is 7.29. The zero-order valence-corrected chi connectivity index (χ0v) is 19.2. The van der Waals surface area contributed by atoms with Crippen molar-refractivity contribution in [2.75, 3.05) is 26.2 Å². The van der Waals surface area contributed by atoms with Gasteiger partial charge in [0, 0.05) is 31.6 Å². The number of para-hydroxylation sites is 1. The van der Waals surface area contributed by atoms with Gasteiger partial charge in [-0.2, -0.15) is 9.40 Å². The van der Waals surface area contributed by atoms with Crippen LogP contribution in [0.2, 0.25) is 0 Å². The maximum atomic E-state index is 13.2. The molecular weight excluding hydrogens is 452 g/mol. The van der Waals surface area contributed by atoms with Crippen molar-refractivity contribution in [1.82, 2.24) is 19.0 Å². The average molecular weight is 473 g/mol. The summed E-state index contributed by atoms with van der Waals surface area (Å²) in [6.45, 7) is 3.29. The molecule has 0 N–H and O–H groups in total. The molecule has 4 heterocycles. The van der Waals surface area contributed by atoms with Gasteiger partial charge in [-0.1, -0.05) is 24.3 Å². The van der Waals surface area contributed by atoms with Gasteiger partial charge in [0.15, 0.2) is 0 Å². The lowest BCUT2D eigenvalue weighted by molar-refractivity contribution is 0.0703. The second-order valence-corrected chi connectivity index (χ2v) is 11.4. The molecule has 0 atom stereocenters. The van der Waals surface area contributed by atoms with Gasteiger partial charge in [-0.3, -0.25) is 4.79 Å². The first-order valence-electron chi connectivity index (χ1n) is 9.82. The molecule has 10 heteroatoms. The zero-order valence-electron chi connectivity index (χ0n) is 16.8. The molecule has 7 nitrogen and oxygen atoms in total. The van der Waals surface area contributed by atoms with Crippen LogP contribution < -0.4 is 0 Å². The SMILES string of the molecule is Cc1nn(-c2ccccc2)c2sc(C(=O)N3CCN(S(=O)(=O)c4cccs4)CC3)cc12. The van der Waals surface area contributed by atoms with Gasteiger partial charge in [0.2, 0.25) is 0 Å². The van der Waals surface area contributed by atoms with E-state index in [1.54, 1.807) is 22.4 Å². The Morgan fingerprint density at radius 2 is 1.77 bits per heavy atom. The molecule has 0 spiro atoms. The van der Waals surface area contributed by atoms with E-state index in [1.165, 1.54) is 27.0 Å². The van der Waals surface area contributed by atoms with Crippen LogP contribution in [0.3, 0.4) is 0 Å². The summed E-state index contributed by atoms with van der Waals surface area (Å²) >= 11 is 2.64. The number of carbonyl (C=O) groups is 1. The van der Waals surface area contributed by atoms with Gasteiger partial charge in [-0.05, 0) is 36.6 Å². The highest BCUT2D eigenvalue weighted by molar-refractivity contribution is 7.91. The molecule has 0 aliphatic carbocycles.